The van der Waals surface area contributed by atoms with E-state index in [0.717, 1.165) is 5.01 Å². The Labute approximate surface area is 129 Å². The highest BCUT2D eigenvalue weighted by atomic mass is 35.5. The lowest BCUT2D eigenvalue weighted by Gasteiger charge is -2.13. The molecule has 0 radical (unpaired) electrons. The fraction of sp³-hybridized carbons (Fsp3) is 0.154. The van der Waals surface area contributed by atoms with E-state index >= 15 is 0 Å². The smallest absolute Gasteiger partial charge is 0.337 e. The fourth-order valence-electron chi connectivity index (χ4n) is 1.67. The molecular weight excluding hydrogens is 314 g/mol. The molecule has 21 heavy (non-hydrogen) atoms. The number of nitrogens with zero attached hydrogens (tertiary/aromatic N) is 1. The number of halogens is 1. The number of carboxylic acids is 1. The number of carbonyl (C=O) groups excluding carboxylic acids is 1. The van der Waals surface area contributed by atoms with Crippen LogP contribution in [0.25, 0.3) is 0 Å². The monoisotopic (exact) mass is 325 g/mol. The van der Waals surface area contributed by atoms with E-state index in [4.69, 9.17) is 16.7 Å². The number of urea groups is 1. The summed E-state index contributed by atoms with van der Waals surface area (Å²) in [7, 11) is 0. The quantitative estimate of drug-likeness (QED) is 0.803. The standard InChI is InChI=1S/C13H12ClN3O3S/c1-7(11-15-4-5-21-11)16-13(20)17-10-6-8(14)2-3-9(10)12(18)19/h2-7H,1H3,(H,18,19)(H2,16,17,20). The van der Waals surface area contributed by atoms with E-state index in [1.165, 1.54) is 29.5 Å². The fourth-order valence-corrected chi connectivity index (χ4v) is 2.49. The maximum atomic E-state index is 11.9. The van der Waals surface area contributed by atoms with Gasteiger partial charge in [-0.25, -0.2) is 14.6 Å². The van der Waals surface area contributed by atoms with E-state index in [2.05, 4.69) is 15.6 Å². The first-order valence-corrected chi connectivity index (χ1v) is 7.23. The molecule has 0 aliphatic rings. The Morgan fingerprint density at radius 1 is 1.43 bits per heavy atom. The minimum Gasteiger partial charge on any atom is -0.478 e. The highest BCUT2D eigenvalue weighted by molar-refractivity contribution is 7.09. The van der Waals surface area contributed by atoms with E-state index in [1.807, 2.05) is 5.38 Å². The maximum Gasteiger partial charge on any atom is 0.337 e. The second-order valence-corrected chi connectivity index (χ2v) is 5.55. The number of hydrogen-bond donors (Lipinski definition) is 3. The van der Waals surface area contributed by atoms with Gasteiger partial charge in [-0.05, 0) is 25.1 Å². The third kappa shape index (κ3) is 3.93. The molecule has 1 atom stereocenters. The molecule has 6 nitrogen and oxygen atoms in total. The largest absolute Gasteiger partial charge is 0.478 e. The van der Waals surface area contributed by atoms with Crippen LogP contribution in [-0.4, -0.2) is 22.1 Å². The van der Waals surface area contributed by atoms with E-state index in [1.54, 1.807) is 13.1 Å². The second-order valence-electron chi connectivity index (χ2n) is 4.19. The van der Waals surface area contributed by atoms with E-state index in [-0.39, 0.29) is 17.3 Å². The minimum absolute atomic E-state index is 0.0311. The number of aromatic nitrogens is 1. The molecule has 0 spiro atoms. The summed E-state index contributed by atoms with van der Waals surface area (Å²) in [6.07, 6.45) is 1.65. The summed E-state index contributed by atoms with van der Waals surface area (Å²) in [6.45, 7) is 1.79. The van der Waals surface area contributed by atoms with Gasteiger partial charge in [0, 0.05) is 16.6 Å². The van der Waals surface area contributed by atoms with Crippen molar-refractivity contribution in [2.75, 3.05) is 5.32 Å². The zero-order valence-electron chi connectivity index (χ0n) is 11.0. The first-order chi connectivity index (χ1) is 9.97. The molecule has 0 fully saturated rings. The van der Waals surface area contributed by atoms with Crippen LogP contribution < -0.4 is 10.6 Å². The molecule has 0 aliphatic heterocycles. The number of benzene rings is 1. The molecule has 2 rings (SSSR count). The van der Waals surface area contributed by atoms with Gasteiger partial charge in [-0.1, -0.05) is 11.6 Å². The van der Waals surface area contributed by atoms with Gasteiger partial charge in [0.15, 0.2) is 0 Å². The molecular formula is C13H12ClN3O3S. The van der Waals surface area contributed by atoms with Crippen LogP contribution in [0.1, 0.15) is 28.3 Å². The molecule has 2 aromatic rings. The van der Waals surface area contributed by atoms with Crippen molar-refractivity contribution >= 4 is 40.6 Å². The molecule has 0 saturated carbocycles. The van der Waals surface area contributed by atoms with Gasteiger partial charge in [-0.15, -0.1) is 11.3 Å². The van der Waals surface area contributed by atoms with E-state index < -0.39 is 12.0 Å². The number of amides is 2. The molecule has 8 heteroatoms. The van der Waals surface area contributed by atoms with Crippen LogP contribution in [0, 0.1) is 0 Å². The van der Waals surface area contributed by atoms with Crippen molar-refractivity contribution in [2.24, 2.45) is 0 Å². The SMILES string of the molecule is CC(NC(=O)Nc1cc(Cl)ccc1C(=O)O)c1nccs1. The summed E-state index contributed by atoms with van der Waals surface area (Å²) in [5.74, 6) is -1.14. The average Bonchev–Trinajstić information content (AvgIpc) is 2.91. The van der Waals surface area contributed by atoms with Crippen LogP contribution in [0.2, 0.25) is 5.02 Å². The number of hydrogen-bond acceptors (Lipinski definition) is 4. The summed E-state index contributed by atoms with van der Waals surface area (Å²) < 4.78 is 0. The van der Waals surface area contributed by atoms with E-state index in [9.17, 15) is 9.59 Å². The normalized spacial score (nSPS) is 11.7. The highest BCUT2D eigenvalue weighted by Crippen LogP contribution is 2.21. The van der Waals surface area contributed by atoms with Crippen LogP contribution in [-0.2, 0) is 0 Å². The van der Waals surface area contributed by atoms with Crippen molar-refractivity contribution in [3.63, 3.8) is 0 Å². The Morgan fingerprint density at radius 3 is 2.81 bits per heavy atom. The third-order valence-electron chi connectivity index (χ3n) is 2.63. The molecule has 3 N–H and O–H groups in total. The van der Waals surface area contributed by atoms with Crippen molar-refractivity contribution in [2.45, 2.75) is 13.0 Å². The van der Waals surface area contributed by atoms with Crippen LogP contribution >= 0.6 is 22.9 Å². The van der Waals surface area contributed by atoms with Gasteiger partial charge < -0.3 is 15.7 Å². The number of nitrogens with one attached hydrogen (secondary N) is 2. The van der Waals surface area contributed by atoms with Crippen LogP contribution in [0.15, 0.2) is 29.8 Å². The van der Waals surface area contributed by atoms with Gasteiger partial charge in [0.05, 0.1) is 17.3 Å². The van der Waals surface area contributed by atoms with Crippen molar-refractivity contribution < 1.29 is 14.7 Å². The maximum absolute atomic E-state index is 11.9. The third-order valence-corrected chi connectivity index (χ3v) is 3.82. The van der Waals surface area contributed by atoms with Crippen molar-refractivity contribution in [1.82, 2.24) is 10.3 Å². The lowest BCUT2D eigenvalue weighted by molar-refractivity contribution is 0.0698. The molecule has 0 aliphatic carbocycles. The number of aromatic carboxylic acids is 1. The lowest BCUT2D eigenvalue weighted by Crippen LogP contribution is -2.31. The molecule has 1 unspecified atom stereocenters. The summed E-state index contributed by atoms with van der Waals surface area (Å²) >= 11 is 7.24. The number of rotatable bonds is 4. The topological polar surface area (TPSA) is 91.3 Å². The molecule has 1 aromatic carbocycles. The van der Waals surface area contributed by atoms with Crippen LogP contribution in [0.5, 0.6) is 0 Å². The first-order valence-electron chi connectivity index (χ1n) is 5.97. The second kappa shape index (κ2) is 6.55. The van der Waals surface area contributed by atoms with Gasteiger partial charge in [0.1, 0.15) is 5.01 Å². The van der Waals surface area contributed by atoms with Gasteiger partial charge >= 0.3 is 12.0 Å². The lowest BCUT2D eigenvalue weighted by atomic mass is 10.2. The highest BCUT2D eigenvalue weighted by Gasteiger charge is 2.15. The van der Waals surface area contributed by atoms with Crippen LogP contribution in [0.3, 0.4) is 0 Å². The van der Waals surface area contributed by atoms with Gasteiger partial charge in [-0.3, -0.25) is 0 Å². The molecule has 0 bridgehead atoms. The number of carboxylic acid groups (broad SMARTS) is 1. The number of carbonyl (C=O) groups is 2. The Kier molecular flexibility index (Phi) is 4.77. The summed E-state index contributed by atoms with van der Waals surface area (Å²) in [5.41, 5.74) is 0.107. The zero-order chi connectivity index (χ0) is 15.4. The van der Waals surface area contributed by atoms with Crippen LogP contribution in [0.4, 0.5) is 10.5 Å². The van der Waals surface area contributed by atoms with Crippen molar-refractivity contribution in [3.05, 3.63) is 45.4 Å². The Balaban J connectivity index is 2.09. The Morgan fingerprint density at radius 2 is 2.19 bits per heavy atom. The van der Waals surface area contributed by atoms with Crippen molar-refractivity contribution in [3.8, 4) is 0 Å². The summed E-state index contributed by atoms with van der Waals surface area (Å²) in [6, 6.07) is 3.37. The molecule has 1 heterocycles. The molecule has 2 amide bonds. The Bertz CT molecular complexity index is 661. The molecule has 110 valence electrons. The molecule has 1 aromatic heterocycles. The predicted molar refractivity (Wildman–Crippen MR) is 81.1 cm³/mol. The number of anilines is 1. The molecule has 0 saturated heterocycles. The summed E-state index contributed by atoms with van der Waals surface area (Å²) in [5, 5.41) is 17.1. The van der Waals surface area contributed by atoms with E-state index in [0.29, 0.717) is 5.02 Å². The number of thiazole rings is 1. The minimum atomic E-state index is -1.14. The average molecular weight is 326 g/mol. The van der Waals surface area contributed by atoms with Gasteiger partial charge in [0.25, 0.3) is 0 Å². The summed E-state index contributed by atoms with van der Waals surface area (Å²) in [4.78, 5) is 27.1. The zero-order valence-corrected chi connectivity index (χ0v) is 12.5. The first kappa shape index (κ1) is 15.3. The Hall–Kier alpha value is -2.12. The predicted octanol–water partition coefficient (Wildman–Crippen LogP) is 3.38. The van der Waals surface area contributed by atoms with Gasteiger partial charge in [-0.2, -0.15) is 0 Å². The van der Waals surface area contributed by atoms with Crippen molar-refractivity contribution in [1.29, 1.82) is 0 Å². The van der Waals surface area contributed by atoms with Gasteiger partial charge in [0.2, 0.25) is 0 Å².